The summed E-state index contributed by atoms with van der Waals surface area (Å²) in [6.45, 7) is 0. The Morgan fingerprint density at radius 1 is 0.232 bits per heavy atom. The molecule has 9 aromatic carbocycles. The summed E-state index contributed by atoms with van der Waals surface area (Å²) >= 11 is 0. The van der Waals surface area contributed by atoms with Crippen molar-refractivity contribution < 1.29 is 0 Å². The second kappa shape index (κ2) is 11.1. The van der Waals surface area contributed by atoms with Crippen molar-refractivity contribution in [2.24, 2.45) is 0 Å². The number of para-hydroxylation sites is 2. The van der Waals surface area contributed by atoms with Crippen molar-refractivity contribution in [1.82, 2.24) is 8.80 Å². The summed E-state index contributed by atoms with van der Waals surface area (Å²) in [5.74, 6) is 0. The normalized spacial score (nSPS) is 12.3. The van der Waals surface area contributed by atoms with Gasteiger partial charge in [-0.2, -0.15) is 0 Å². The lowest BCUT2D eigenvalue weighted by Crippen LogP contribution is -1.93. The van der Waals surface area contributed by atoms with Gasteiger partial charge in [-0.15, -0.1) is 0 Å². The number of benzene rings is 9. The van der Waals surface area contributed by atoms with Gasteiger partial charge in [-0.05, 0) is 45.5 Å². The fourth-order valence-electron chi connectivity index (χ4n) is 10.2. The van der Waals surface area contributed by atoms with Crippen LogP contribution in [0, 0.1) is 0 Å². The lowest BCUT2D eigenvalue weighted by Gasteiger charge is -2.16. The minimum absolute atomic E-state index is 1.22. The van der Waals surface area contributed by atoms with E-state index in [4.69, 9.17) is 0 Å². The quantitative estimate of drug-likeness (QED) is 0.172. The topological polar surface area (TPSA) is 8.82 Å². The lowest BCUT2D eigenvalue weighted by molar-refractivity contribution is 1.36. The SMILES string of the molecule is c1ccc(-c2ccc3c4c(-c5ccccc5)c5c(c(-c6ccccc6)c4n4c6ccccc6c2c34)c2ccc(-c3ccccc3)c3c4ccccc4n5c23)cc1. The summed E-state index contributed by atoms with van der Waals surface area (Å²) in [4.78, 5) is 0. The van der Waals surface area contributed by atoms with E-state index in [1.807, 2.05) is 0 Å². The van der Waals surface area contributed by atoms with Gasteiger partial charge in [0.1, 0.15) is 0 Å². The van der Waals surface area contributed by atoms with E-state index >= 15 is 0 Å². The lowest BCUT2D eigenvalue weighted by atomic mass is 9.88. The molecule has 13 aromatic rings. The molecule has 4 aromatic heterocycles. The van der Waals surface area contributed by atoms with E-state index in [1.54, 1.807) is 0 Å². The number of fused-ring (bicyclic) bond motifs is 12. The fraction of sp³-hybridized carbons (Fsp3) is 0. The molecule has 0 saturated carbocycles. The average molecular weight is 709 g/mol. The average Bonchev–Trinajstić information content (AvgIpc) is 4.01. The smallest absolute Gasteiger partial charge is 0.0634 e. The Bertz CT molecular complexity index is 3410. The molecule has 0 spiro atoms. The summed E-state index contributed by atoms with van der Waals surface area (Å²) in [7, 11) is 0. The highest BCUT2D eigenvalue weighted by molar-refractivity contribution is 6.39. The predicted molar refractivity (Wildman–Crippen MR) is 238 cm³/mol. The number of rotatable bonds is 4. The van der Waals surface area contributed by atoms with Gasteiger partial charge in [0, 0.05) is 54.2 Å². The van der Waals surface area contributed by atoms with Crippen LogP contribution < -0.4 is 0 Å². The van der Waals surface area contributed by atoms with Crippen LogP contribution in [0.5, 0.6) is 0 Å². The molecule has 0 bridgehead atoms. The zero-order chi connectivity index (χ0) is 36.5. The van der Waals surface area contributed by atoms with E-state index in [9.17, 15) is 0 Å². The van der Waals surface area contributed by atoms with E-state index in [1.165, 1.54) is 121 Å². The monoisotopic (exact) mass is 708 g/mol. The Kier molecular flexibility index (Phi) is 5.92. The fourth-order valence-corrected chi connectivity index (χ4v) is 10.2. The van der Waals surface area contributed by atoms with Crippen molar-refractivity contribution in [3.8, 4) is 44.5 Å². The zero-order valence-electron chi connectivity index (χ0n) is 30.4. The number of nitrogens with zero attached hydrogens (tertiary/aromatic N) is 2. The minimum atomic E-state index is 1.22. The third-order valence-electron chi connectivity index (χ3n) is 12.4. The Balaban J connectivity index is 1.37. The standard InChI is InChI=1S/C54H32N2/c1-5-17-33(18-6-1)37-29-31-41-49-45(35-21-9-3-10-22-35)54-50(46(36-23-11-4-12-24-36)53(49)55-43-27-15-13-25-39(43)47(37)51(41)55)42-32-30-38(34-19-7-2-8-20-34)48-40-26-14-16-28-44(40)56(54)52(42)48/h1-32H. The highest BCUT2D eigenvalue weighted by atomic mass is 14.9. The predicted octanol–water partition coefficient (Wildman–Crippen LogP) is 14.7. The summed E-state index contributed by atoms with van der Waals surface area (Å²) in [5.41, 5.74) is 17.5. The van der Waals surface area contributed by atoms with Crippen molar-refractivity contribution in [1.29, 1.82) is 0 Å². The van der Waals surface area contributed by atoms with E-state index in [2.05, 4.69) is 203 Å². The van der Waals surface area contributed by atoms with Crippen LogP contribution >= 0.6 is 0 Å². The molecule has 0 saturated heterocycles. The maximum Gasteiger partial charge on any atom is 0.0634 e. The molecule has 0 radical (unpaired) electrons. The van der Waals surface area contributed by atoms with Crippen LogP contribution in [0.15, 0.2) is 194 Å². The van der Waals surface area contributed by atoms with Gasteiger partial charge in [-0.1, -0.05) is 182 Å². The second-order valence-electron chi connectivity index (χ2n) is 15.1. The molecule has 0 aliphatic rings. The van der Waals surface area contributed by atoms with Crippen LogP contribution in [-0.4, -0.2) is 8.80 Å². The highest BCUT2D eigenvalue weighted by Gasteiger charge is 2.31. The molecular weight excluding hydrogens is 677 g/mol. The molecule has 0 atom stereocenters. The first kappa shape index (κ1) is 30.0. The molecule has 2 nitrogen and oxygen atoms in total. The first-order valence-electron chi connectivity index (χ1n) is 19.5. The van der Waals surface area contributed by atoms with Crippen molar-refractivity contribution in [3.05, 3.63) is 194 Å². The molecule has 0 aliphatic heterocycles. The Hall–Kier alpha value is -7.42. The maximum atomic E-state index is 2.61. The van der Waals surface area contributed by atoms with Crippen LogP contribution in [0.3, 0.4) is 0 Å². The van der Waals surface area contributed by atoms with Gasteiger partial charge in [0.25, 0.3) is 0 Å². The van der Waals surface area contributed by atoms with Crippen molar-refractivity contribution in [2.45, 2.75) is 0 Å². The molecule has 0 fully saturated rings. The molecule has 2 heteroatoms. The number of hydrogen-bond donors (Lipinski definition) is 0. The van der Waals surface area contributed by atoms with Gasteiger partial charge in [0.15, 0.2) is 0 Å². The molecule has 0 unspecified atom stereocenters. The molecular formula is C54H32N2. The van der Waals surface area contributed by atoms with Crippen LogP contribution in [0.2, 0.25) is 0 Å². The summed E-state index contributed by atoms with van der Waals surface area (Å²) in [5, 5.41) is 10.3. The van der Waals surface area contributed by atoms with E-state index in [0.29, 0.717) is 0 Å². The maximum absolute atomic E-state index is 2.61. The Morgan fingerprint density at radius 2 is 0.571 bits per heavy atom. The molecule has 13 rings (SSSR count). The third kappa shape index (κ3) is 3.75. The summed E-state index contributed by atoms with van der Waals surface area (Å²) in [6.07, 6.45) is 0. The largest absolute Gasteiger partial charge is 0.307 e. The summed E-state index contributed by atoms with van der Waals surface area (Å²) in [6, 6.07) is 71.6. The third-order valence-corrected chi connectivity index (χ3v) is 12.4. The highest BCUT2D eigenvalue weighted by Crippen LogP contribution is 2.55. The van der Waals surface area contributed by atoms with Crippen molar-refractivity contribution in [2.75, 3.05) is 0 Å². The van der Waals surface area contributed by atoms with Gasteiger partial charge >= 0.3 is 0 Å². The van der Waals surface area contributed by atoms with Crippen LogP contribution in [0.1, 0.15) is 0 Å². The van der Waals surface area contributed by atoms with Gasteiger partial charge < -0.3 is 8.80 Å². The van der Waals surface area contributed by atoms with Crippen molar-refractivity contribution >= 4 is 76.2 Å². The molecule has 0 amide bonds. The molecule has 4 heterocycles. The van der Waals surface area contributed by atoms with E-state index in [-0.39, 0.29) is 0 Å². The van der Waals surface area contributed by atoms with E-state index in [0.717, 1.165) is 0 Å². The van der Waals surface area contributed by atoms with Gasteiger partial charge in [0.2, 0.25) is 0 Å². The summed E-state index contributed by atoms with van der Waals surface area (Å²) < 4.78 is 5.22. The van der Waals surface area contributed by atoms with E-state index < -0.39 is 0 Å². The number of hydrogen-bond acceptors (Lipinski definition) is 0. The zero-order valence-corrected chi connectivity index (χ0v) is 30.4. The van der Waals surface area contributed by atoms with Crippen LogP contribution in [-0.2, 0) is 0 Å². The number of aromatic nitrogens is 2. The first-order chi connectivity index (χ1) is 27.9. The van der Waals surface area contributed by atoms with Gasteiger partial charge in [-0.3, -0.25) is 0 Å². The molecule has 0 N–H and O–H groups in total. The van der Waals surface area contributed by atoms with Crippen molar-refractivity contribution in [3.63, 3.8) is 0 Å². The first-order valence-corrected chi connectivity index (χ1v) is 19.5. The molecule has 258 valence electrons. The second-order valence-corrected chi connectivity index (χ2v) is 15.1. The Labute approximate surface area is 322 Å². The van der Waals surface area contributed by atoms with Gasteiger partial charge in [0.05, 0.1) is 33.1 Å². The van der Waals surface area contributed by atoms with Crippen LogP contribution in [0.25, 0.3) is 121 Å². The molecule has 0 aliphatic carbocycles. The van der Waals surface area contributed by atoms with Crippen LogP contribution in [0.4, 0.5) is 0 Å². The minimum Gasteiger partial charge on any atom is -0.307 e. The molecule has 56 heavy (non-hydrogen) atoms. The van der Waals surface area contributed by atoms with Gasteiger partial charge in [-0.25, -0.2) is 0 Å². The Morgan fingerprint density at radius 3 is 0.964 bits per heavy atom.